The Kier molecular flexibility index (Phi) is 7.39. The van der Waals surface area contributed by atoms with Crippen molar-refractivity contribution in [2.24, 2.45) is 0 Å². The van der Waals surface area contributed by atoms with E-state index in [9.17, 15) is 13.2 Å². The van der Waals surface area contributed by atoms with Crippen LogP contribution in [0.2, 0.25) is 5.02 Å². The summed E-state index contributed by atoms with van der Waals surface area (Å²) in [7, 11) is -3.62. The van der Waals surface area contributed by atoms with Crippen LogP contribution in [0.3, 0.4) is 0 Å². The van der Waals surface area contributed by atoms with E-state index in [2.05, 4.69) is 10.0 Å². The molecule has 1 aromatic heterocycles. The fourth-order valence-corrected chi connectivity index (χ4v) is 6.28. The summed E-state index contributed by atoms with van der Waals surface area (Å²) in [5.74, 6) is -0.207. The number of benzene rings is 3. The number of thioether (sulfide) groups is 1. The summed E-state index contributed by atoms with van der Waals surface area (Å²) in [6, 6.07) is 26.7. The third-order valence-electron chi connectivity index (χ3n) is 4.59. The molecule has 33 heavy (non-hydrogen) atoms. The Morgan fingerprint density at radius 2 is 1.58 bits per heavy atom. The first kappa shape index (κ1) is 23.4. The predicted molar refractivity (Wildman–Crippen MR) is 137 cm³/mol. The standard InChI is InChI=1S/C24H19ClN2O3S3/c25-20-9-4-5-10-21(20)26-24(28)23(17-7-2-1-3-8-17)32-19-14-12-18(13-15-19)27-33(29,30)22-11-6-16-31-22/h1-16,23,27H,(H,26,28). The average Bonchev–Trinajstić information content (AvgIpc) is 3.37. The SMILES string of the molecule is O=C(Nc1ccccc1Cl)C(Sc1ccc(NS(=O)(=O)c2cccs2)cc1)c1ccccc1. The first-order valence-corrected chi connectivity index (χ1v) is 13.5. The molecule has 0 spiro atoms. The number of hydrogen-bond donors (Lipinski definition) is 2. The zero-order valence-electron chi connectivity index (χ0n) is 17.1. The molecule has 1 amide bonds. The maximum atomic E-state index is 13.2. The molecule has 1 atom stereocenters. The number of carbonyl (C=O) groups is 1. The highest BCUT2D eigenvalue weighted by molar-refractivity contribution is 8.00. The second-order valence-corrected chi connectivity index (χ2v) is 11.4. The molecular formula is C24H19ClN2O3S3. The third kappa shape index (κ3) is 5.97. The second kappa shape index (κ2) is 10.4. The van der Waals surface area contributed by atoms with Crippen molar-refractivity contribution in [2.75, 3.05) is 10.0 Å². The van der Waals surface area contributed by atoms with Crippen LogP contribution in [-0.4, -0.2) is 14.3 Å². The van der Waals surface area contributed by atoms with Gasteiger partial charge < -0.3 is 5.32 Å². The van der Waals surface area contributed by atoms with Gasteiger partial charge in [0, 0.05) is 10.6 Å². The van der Waals surface area contributed by atoms with Gasteiger partial charge in [-0.05, 0) is 53.4 Å². The number of carbonyl (C=O) groups excluding carboxylic acids is 1. The minimum absolute atomic E-state index is 0.207. The molecule has 2 N–H and O–H groups in total. The lowest BCUT2D eigenvalue weighted by Crippen LogP contribution is -2.19. The number of hydrogen-bond acceptors (Lipinski definition) is 5. The molecule has 0 saturated carbocycles. The maximum absolute atomic E-state index is 13.2. The van der Waals surface area contributed by atoms with Crippen molar-refractivity contribution in [1.29, 1.82) is 0 Å². The van der Waals surface area contributed by atoms with Crippen molar-refractivity contribution in [3.8, 4) is 0 Å². The number of sulfonamides is 1. The van der Waals surface area contributed by atoms with Gasteiger partial charge in [0.25, 0.3) is 10.0 Å². The van der Waals surface area contributed by atoms with E-state index in [0.29, 0.717) is 16.4 Å². The molecule has 0 fully saturated rings. The molecule has 1 heterocycles. The molecule has 1 unspecified atom stereocenters. The quantitative estimate of drug-likeness (QED) is 0.257. The summed E-state index contributed by atoms with van der Waals surface area (Å²) < 4.78 is 27.7. The highest BCUT2D eigenvalue weighted by Crippen LogP contribution is 2.37. The normalized spacial score (nSPS) is 12.2. The lowest BCUT2D eigenvalue weighted by atomic mass is 10.1. The Hall–Kier alpha value is -2.78. The lowest BCUT2D eigenvalue weighted by molar-refractivity contribution is -0.115. The van der Waals surface area contributed by atoms with Crippen LogP contribution in [0.5, 0.6) is 0 Å². The van der Waals surface area contributed by atoms with Crippen molar-refractivity contribution < 1.29 is 13.2 Å². The van der Waals surface area contributed by atoms with E-state index in [-0.39, 0.29) is 10.1 Å². The molecule has 0 aliphatic rings. The minimum Gasteiger partial charge on any atom is -0.323 e. The summed E-state index contributed by atoms with van der Waals surface area (Å²) in [5, 5.41) is 4.55. The predicted octanol–water partition coefficient (Wildman–Crippen LogP) is 6.67. The topological polar surface area (TPSA) is 75.3 Å². The van der Waals surface area contributed by atoms with Gasteiger partial charge in [0.15, 0.2) is 0 Å². The number of rotatable bonds is 8. The largest absolute Gasteiger partial charge is 0.323 e. The summed E-state index contributed by atoms with van der Waals surface area (Å²) in [5.41, 5.74) is 1.84. The maximum Gasteiger partial charge on any atom is 0.271 e. The number of halogens is 1. The molecule has 168 valence electrons. The number of thiophene rings is 1. The molecule has 0 aliphatic heterocycles. The van der Waals surface area contributed by atoms with E-state index in [1.54, 1.807) is 60.0 Å². The van der Waals surface area contributed by atoms with E-state index in [4.69, 9.17) is 11.6 Å². The molecule has 3 aromatic carbocycles. The van der Waals surface area contributed by atoms with Gasteiger partial charge in [0.1, 0.15) is 9.46 Å². The number of para-hydroxylation sites is 1. The summed E-state index contributed by atoms with van der Waals surface area (Å²) in [6.07, 6.45) is 0. The van der Waals surface area contributed by atoms with E-state index in [0.717, 1.165) is 21.8 Å². The van der Waals surface area contributed by atoms with Gasteiger partial charge in [0.05, 0.1) is 10.7 Å². The molecule has 0 radical (unpaired) electrons. The van der Waals surface area contributed by atoms with Crippen LogP contribution in [0.25, 0.3) is 0 Å². The van der Waals surface area contributed by atoms with Crippen LogP contribution in [0, 0.1) is 0 Å². The zero-order chi connectivity index (χ0) is 23.3. The Morgan fingerprint density at radius 1 is 0.879 bits per heavy atom. The summed E-state index contributed by atoms with van der Waals surface area (Å²) >= 11 is 8.73. The third-order valence-corrected chi connectivity index (χ3v) is 8.97. The first-order chi connectivity index (χ1) is 15.9. The van der Waals surface area contributed by atoms with Crippen LogP contribution in [0.1, 0.15) is 10.8 Å². The number of anilines is 2. The Morgan fingerprint density at radius 3 is 2.24 bits per heavy atom. The molecule has 4 rings (SSSR count). The van der Waals surface area contributed by atoms with Crippen LogP contribution < -0.4 is 10.0 Å². The highest BCUT2D eigenvalue weighted by atomic mass is 35.5. The fourth-order valence-electron chi connectivity index (χ4n) is 3.02. The number of nitrogens with one attached hydrogen (secondary N) is 2. The second-order valence-electron chi connectivity index (χ2n) is 6.94. The van der Waals surface area contributed by atoms with Gasteiger partial charge in [-0.2, -0.15) is 0 Å². The monoisotopic (exact) mass is 514 g/mol. The van der Waals surface area contributed by atoms with E-state index < -0.39 is 15.3 Å². The Bertz CT molecular complexity index is 1330. The van der Waals surface area contributed by atoms with Crippen LogP contribution in [-0.2, 0) is 14.8 Å². The fraction of sp³-hybridized carbons (Fsp3) is 0.0417. The molecule has 0 aliphatic carbocycles. The molecule has 9 heteroatoms. The molecule has 5 nitrogen and oxygen atoms in total. The van der Waals surface area contributed by atoms with E-state index in [1.807, 2.05) is 36.4 Å². The smallest absolute Gasteiger partial charge is 0.271 e. The van der Waals surface area contributed by atoms with Crippen LogP contribution in [0.15, 0.2) is 105 Å². The zero-order valence-corrected chi connectivity index (χ0v) is 20.3. The van der Waals surface area contributed by atoms with Crippen molar-refractivity contribution in [1.82, 2.24) is 0 Å². The van der Waals surface area contributed by atoms with Crippen LogP contribution >= 0.6 is 34.7 Å². The average molecular weight is 515 g/mol. The molecular weight excluding hydrogens is 496 g/mol. The summed E-state index contributed by atoms with van der Waals surface area (Å²) in [4.78, 5) is 14.0. The van der Waals surface area contributed by atoms with Gasteiger partial charge in [-0.3, -0.25) is 9.52 Å². The molecule has 0 bridgehead atoms. The highest BCUT2D eigenvalue weighted by Gasteiger charge is 2.23. The van der Waals surface area contributed by atoms with Gasteiger partial charge >= 0.3 is 0 Å². The van der Waals surface area contributed by atoms with Gasteiger partial charge in [-0.15, -0.1) is 23.1 Å². The summed E-state index contributed by atoms with van der Waals surface area (Å²) in [6.45, 7) is 0. The minimum atomic E-state index is -3.62. The van der Waals surface area contributed by atoms with Gasteiger partial charge in [-0.1, -0.05) is 60.1 Å². The molecule has 0 saturated heterocycles. The Balaban J connectivity index is 1.53. The lowest BCUT2D eigenvalue weighted by Gasteiger charge is -2.18. The van der Waals surface area contributed by atoms with Gasteiger partial charge in [0.2, 0.25) is 5.91 Å². The van der Waals surface area contributed by atoms with Crippen molar-refractivity contribution >= 4 is 62.0 Å². The van der Waals surface area contributed by atoms with Gasteiger partial charge in [-0.25, -0.2) is 8.42 Å². The van der Waals surface area contributed by atoms with E-state index >= 15 is 0 Å². The van der Waals surface area contributed by atoms with Crippen molar-refractivity contribution in [3.63, 3.8) is 0 Å². The number of amides is 1. The van der Waals surface area contributed by atoms with Crippen molar-refractivity contribution in [2.45, 2.75) is 14.4 Å². The molecule has 4 aromatic rings. The van der Waals surface area contributed by atoms with E-state index in [1.165, 1.54) is 11.8 Å². The van der Waals surface area contributed by atoms with Crippen LogP contribution in [0.4, 0.5) is 11.4 Å². The Labute approximate surface area is 205 Å². The first-order valence-electron chi connectivity index (χ1n) is 9.86. The van der Waals surface area contributed by atoms with Crippen molar-refractivity contribution in [3.05, 3.63) is 107 Å².